The molecule has 9 nitrogen and oxygen atoms in total. The Bertz CT molecular complexity index is 615. The fourth-order valence-corrected chi connectivity index (χ4v) is 4.93. The third-order valence-electron chi connectivity index (χ3n) is 5.09. The highest BCUT2D eigenvalue weighted by molar-refractivity contribution is 7.46. The first-order valence-electron chi connectivity index (χ1n) is 10.3. The van der Waals surface area contributed by atoms with Crippen molar-refractivity contribution in [3.8, 4) is 0 Å². The van der Waals surface area contributed by atoms with Gasteiger partial charge >= 0.3 is 13.8 Å². The summed E-state index contributed by atoms with van der Waals surface area (Å²) in [5, 5.41) is 0. The van der Waals surface area contributed by atoms with E-state index in [1.54, 1.807) is 6.92 Å². The molecule has 1 saturated heterocycles. The number of phosphoric ester groups is 1. The average molecular weight is 436 g/mol. The number of hydrogen-bond acceptors (Lipinski definition) is 9. The maximum Gasteiger partial charge on any atom is 0.343 e. The molecule has 10 heteroatoms. The summed E-state index contributed by atoms with van der Waals surface area (Å²) in [7, 11) is -4.96. The van der Waals surface area contributed by atoms with Crippen LogP contribution in [-0.4, -0.2) is 54.7 Å². The van der Waals surface area contributed by atoms with Gasteiger partial charge in [0.1, 0.15) is 0 Å². The molecule has 0 aromatic carbocycles. The molecule has 0 bridgehead atoms. The molecule has 1 saturated carbocycles. The van der Waals surface area contributed by atoms with Gasteiger partial charge in [-0.25, -0.2) is 4.79 Å². The minimum atomic E-state index is -4.96. The zero-order valence-corrected chi connectivity index (χ0v) is 19.1. The lowest BCUT2D eigenvalue weighted by Gasteiger charge is -2.35. The molecular weight excluding hydrogens is 401 g/mol. The van der Waals surface area contributed by atoms with E-state index in [0.29, 0.717) is 19.3 Å². The van der Waals surface area contributed by atoms with Crippen LogP contribution in [0.2, 0.25) is 0 Å². The molecule has 1 heterocycles. The van der Waals surface area contributed by atoms with Crippen molar-refractivity contribution < 1.29 is 37.5 Å². The summed E-state index contributed by atoms with van der Waals surface area (Å²) in [5.41, 5.74) is 5.43. The van der Waals surface area contributed by atoms with E-state index >= 15 is 0 Å². The molecule has 0 radical (unpaired) electrons. The van der Waals surface area contributed by atoms with Crippen LogP contribution in [0, 0.1) is 5.92 Å². The molecule has 2 aliphatic rings. The quantitative estimate of drug-likeness (QED) is 0.539. The topological polar surface area (TPSA) is 129 Å². The Labute approximate surface area is 173 Å². The largest absolute Gasteiger partial charge is 0.746 e. The van der Waals surface area contributed by atoms with Crippen molar-refractivity contribution in [2.24, 2.45) is 11.7 Å². The Kier molecular flexibility index (Phi) is 8.29. The average Bonchev–Trinajstić information content (AvgIpc) is 3.03. The first-order chi connectivity index (χ1) is 13.3. The van der Waals surface area contributed by atoms with Gasteiger partial charge in [-0.3, -0.25) is 4.57 Å². The maximum atomic E-state index is 12.5. The lowest BCUT2D eigenvalue weighted by Crippen LogP contribution is -2.52. The van der Waals surface area contributed by atoms with Crippen LogP contribution in [0.5, 0.6) is 0 Å². The standard InChI is InChI=1S/C19H36NO8P/c1-11(2)24-10-19(20)9-13(5)7-16(19)27-29(22,23)28-18(21)17-15(25-12(3)4)8-14(6)26-17/h11-17H,7-10,20H2,1-6H3,(H,22,23)/p-1/t13-,14-,15?,16?,17-,19-/m0/s1. The second-order valence-electron chi connectivity index (χ2n) is 8.92. The summed E-state index contributed by atoms with van der Waals surface area (Å²) in [6, 6.07) is 0. The van der Waals surface area contributed by atoms with Gasteiger partial charge < -0.3 is 33.9 Å². The van der Waals surface area contributed by atoms with Crippen LogP contribution < -0.4 is 10.6 Å². The molecule has 170 valence electrons. The Hall–Kier alpha value is -0.540. The molecule has 0 amide bonds. The van der Waals surface area contributed by atoms with Crippen LogP contribution in [0.25, 0.3) is 0 Å². The minimum Gasteiger partial charge on any atom is -0.746 e. The zero-order valence-electron chi connectivity index (χ0n) is 18.2. The molecule has 3 unspecified atom stereocenters. The molecule has 0 aromatic heterocycles. The van der Waals surface area contributed by atoms with Gasteiger partial charge in [-0.2, -0.15) is 0 Å². The fourth-order valence-electron chi connectivity index (χ4n) is 3.95. The van der Waals surface area contributed by atoms with Gasteiger partial charge in [-0.05, 0) is 53.4 Å². The Balaban J connectivity index is 2.02. The SMILES string of the molecule is CC(C)OC[C@@]1(N)C[C@@H](C)CC1OP(=O)([O-])OC(=O)[C@H]1O[C@@H](C)CC1OC(C)C. The third-order valence-corrected chi connectivity index (χ3v) is 6.01. The van der Waals surface area contributed by atoms with Crippen LogP contribution in [0.15, 0.2) is 0 Å². The summed E-state index contributed by atoms with van der Waals surface area (Å²) in [5.74, 6) is -0.885. The van der Waals surface area contributed by atoms with E-state index < -0.39 is 37.6 Å². The van der Waals surface area contributed by atoms with Gasteiger partial charge in [0.25, 0.3) is 0 Å². The monoisotopic (exact) mass is 436 g/mol. The van der Waals surface area contributed by atoms with E-state index in [4.69, 9.17) is 29.0 Å². The summed E-state index contributed by atoms with van der Waals surface area (Å²) in [6.45, 7) is 11.3. The molecule has 2 fully saturated rings. The molecule has 2 rings (SSSR count). The van der Waals surface area contributed by atoms with Crippen molar-refractivity contribution >= 4 is 13.8 Å². The number of carbonyl (C=O) groups excluding carboxylic acids is 1. The van der Waals surface area contributed by atoms with Crippen LogP contribution in [0.1, 0.15) is 60.8 Å². The Morgan fingerprint density at radius 1 is 1.24 bits per heavy atom. The lowest BCUT2D eigenvalue weighted by molar-refractivity contribution is -0.233. The number of ether oxygens (including phenoxy) is 3. The molecule has 29 heavy (non-hydrogen) atoms. The van der Waals surface area contributed by atoms with Crippen molar-refractivity contribution in [3.05, 3.63) is 0 Å². The second kappa shape index (κ2) is 9.73. The Morgan fingerprint density at radius 2 is 1.90 bits per heavy atom. The van der Waals surface area contributed by atoms with Crippen molar-refractivity contribution in [2.75, 3.05) is 6.61 Å². The van der Waals surface area contributed by atoms with Crippen LogP contribution in [0.3, 0.4) is 0 Å². The van der Waals surface area contributed by atoms with Crippen molar-refractivity contribution in [3.63, 3.8) is 0 Å². The van der Waals surface area contributed by atoms with Crippen molar-refractivity contribution in [1.29, 1.82) is 0 Å². The lowest BCUT2D eigenvalue weighted by atomic mass is 9.97. The Morgan fingerprint density at radius 3 is 2.48 bits per heavy atom. The highest BCUT2D eigenvalue weighted by Gasteiger charge is 2.47. The summed E-state index contributed by atoms with van der Waals surface area (Å²) in [4.78, 5) is 24.9. The number of rotatable bonds is 9. The number of nitrogens with two attached hydrogens (primary N) is 1. The third kappa shape index (κ3) is 6.99. The smallest absolute Gasteiger partial charge is 0.343 e. The molecule has 1 aliphatic carbocycles. The number of hydrogen-bond donors (Lipinski definition) is 1. The zero-order chi connectivity index (χ0) is 22.0. The van der Waals surface area contributed by atoms with E-state index in [2.05, 4.69) is 0 Å². The normalized spacial score (nSPS) is 37.2. The van der Waals surface area contributed by atoms with Gasteiger partial charge in [0, 0.05) is 6.42 Å². The molecular formula is C19H35NO8P-. The van der Waals surface area contributed by atoms with E-state index in [0.717, 1.165) is 0 Å². The minimum absolute atomic E-state index is 0.0525. The van der Waals surface area contributed by atoms with Crippen LogP contribution in [-0.2, 0) is 32.6 Å². The predicted octanol–water partition coefficient (Wildman–Crippen LogP) is 1.91. The van der Waals surface area contributed by atoms with Gasteiger partial charge in [0.2, 0.25) is 0 Å². The van der Waals surface area contributed by atoms with Gasteiger partial charge in [0.05, 0.1) is 42.7 Å². The number of phosphoric acid groups is 1. The summed E-state index contributed by atoms with van der Waals surface area (Å²) in [6.07, 6.45) is -1.52. The molecule has 0 aromatic rings. The van der Waals surface area contributed by atoms with Crippen molar-refractivity contribution in [2.45, 2.75) is 103 Å². The fraction of sp³-hybridized carbons (Fsp3) is 0.947. The molecule has 7 atom stereocenters. The highest BCUT2D eigenvalue weighted by atomic mass is 31.2. The van der Waals surface area contributed by atoms with Gasteiger partial charge in [-0.1, -0.05) is 6.92 Å². The maximum absolute atomic E-state index is 12.5. The van der Waals surface area contributed by atoms with Crippen LogP contribution in [0.4, 0.5) is 0 Å². The van der Waals surface area contributed by atoms with E-state index in [9.17, 15) is 14.3 Å². The number of carbonyl (C=O) groups is 1. The second-order valence-corrected chi connectivity index (χ2v) is 10.2. The summed E-state index contributed by atoms with van der Waals surface area (Å²) >= 11 is 0. The predicted molar refractivity (Wildman–Crippen MR) is 104 cm³/mol. The highest BCUT2D eigenvalue weighted by Crippen LogP contribution is 2.47. The first-order valence-corrected chi connectivity index (χ1v) is 11.7. The summed E-state index contributed by atoms with van der Waals surface area (Å²) < 4.78 is 39.2. The molecule has 1 aliphatic heterocycles. The van der Waals surface area contributed by atoms with E-state index in [1.165, 1.54) is 0 Å². The van der Waals surface area contributed by atoms with Crippen molar-refractivity contribution in [1.82, 2.24) is 0 Å². The van der Waals surface area contributed by atoms with Crippen LogP contribution >= 0.6 is 7.82 Å². The molecule has 0 spiro atoms. The molecule has 2 N–H and O–H groups in total. The van der Waals surface area contributed by atoms with Gasteiger partial charge in [-0.15, -0.1) is 0 Å². The van der Waals surface area contributed by atoms with E-state index in [1.807, 2.05) is 34.6 Å². The van der Waals surface area contributed by atoms with Gasteiger partial charge in [0.15, 0.2) is 6.10 Å². The van der Waals surface area contributed by atoms with E-state index in [-0.39, 0.29) is 30.8 Å². The first kappa shape index (κ1) is 24.7.